The van der Waals surface area contributed by atoms with Gasteiger partial charge in [-0.25, -0.2) is 4.79 Å². The first-order valence-electron chi connectivity index (χ1n) is 5.55. The van der Waals surface area contributed by atoms with Crippen LogP contribution in [0, 0.1) is 6.92 Å². The zero-order valence-corrected chi connectivity index (χ0v) is 10.4. The number of thiocarbonyl (C=S) groups is 1. The molecule has 0 atom stereocenters. The van der Waals surface area contributed by atoms with Gasteiger partial charge in [0.15, 0.2) is 0 Å². The summed E-state index contributed by atoms with van der Waals surface area (Å²) in [4.78, 5) is 11.9. The predicted octanol–water partition coefficient (Wildman–Crippen LogP) is 1.91. The zero-order chi connectivity index (χ0) is 12.4. The van der Waals surface area contributed by atoms with Crippen LogP contribution in [0.5, 0.6) is 0 Å². The third kappa shape index (κ3) is 2.94. The highest BCUT2D eigenvalue weighted by molar-refractivity contribution is 7.80. The number of hydrogen-bond donors (Lipinski definition) is 3. The number of nitrogens with one attached hydrogen (secondary N) is 2. The highest BCUT2D eigenvalue weighted by atomic mass is 32.1. The summed E-state index contributed by atoms with van der Waals surface area (Å²) in [5.74, 6) is 0. The Morgan fingerprint density at radius 3 is 2.76 bits per heavy atom. The SMILES string of the molecule is Cc1cccc(NC(=O)NC2CC2)c1C(N)=S. The molecule has 0 radical (unpaired) electrons. The molecule has 4 nitrogen and oxygen atoms in total. The third-order valence-corrected chi connectivity index (χ3v) is 2.88. The summed E-state index contributed by atoms with van der Waals surface area (Å²) < 4.78 is 0. The van der Waals surface area contributed by atoms with E-state index < -0.39 is 0 Å². The van der Waals surface area contributed by atoms with Gasteiger partial charge in [-0.1, -0.05) is 24.4 Å². The predicted molar refractivity (Wildman–Crippen MR) is 72.2 cm³/mol. The van der Waals surface area contributed by atoms with Gasteiger partial charge in [0, 0.05) is 11.6 Å². The molecular formula is C12H15N3OS. The van der Waals surface area contributed by atoms with Crippen LogP contribution < -0.4 is 16.4 Å². The summed E-state index contributed by atoms with van der Waals surface area (Å²) in [6, 6.07) is 5.71. The maximum absolute atomic E-state index is 11.6. The lowest BCUT2D eigenvalue weighted by Gasteiger charge is -2.12. The standard InChI is InChI=1S/C12H15N3OS/c1-7-3-2-4-9(10(7)11(13)17)15-12(16)14-8-5-6-8/h2-4,8H,5-6H2,1H3,(H2,13,17)(H2,14,15,16). The largest absolute Gasteiger partial charge is 0.389 e. The summed E-state index contributed by atoms with van der Waals surface area (Å²) >= 11 is 5.00. The van der Waals surface area contributed by atoms with Gasteiger partial charge < -0.3 is 16.4 Å². The smallest absolute Gasteiger partial charge is 0.319 e. The lowest BCUT2D eigenvalue weighted by atomic mass is 10.1. The maximum Gasteiger partial charge on any atom is 0.319 e. The molecule has 5 heteroatoms. The fraction of sp³-hybridized carbons (Fsp3) is 0.333. The van der Waals surface area contributed by atoms with Gasteiger partial charge in [0.1, 0.15) is 4.99 Å². The number of benzene rings is 1. The molecule has 0 unspecified atom stereocenters. The lowest BCUT2D eigenvalue weighted by Crippen LogP contribution is -2.31. The first kappa shape index (κ1) is 11.9. The minimum Gasteiger partial charge on any atom is -0.389 e. The molecule has 0 saturated heterocycles. The Balaban J connectivity index is 2.16. The quantitative estimate of drug-likeness (QED) is 0.717. The van der Waals surface area contributed by atoms with Crippen LogP contribution in [0.2, 0.25) is 0 Å². The van der Waals surface area contributed by atoms with Crippen LogP contribution in [0.3, 0.4) is 0 Å². The summed E-state index contributed by atoms with van der Waals surface area (Å²) in [6.07, 6.45) is 2.12. The second-order valence-electron chi connectivity index (χ2n) is 4.23. The number of urea groups is 1. The Bertz CT molecular complexity index is 469. The van der Waals surface area contributed by atoms with Crippen LogP contribution in [-0.2, 0) is 0 Å². The molecule has 1 fully saturated rings. The van der Waals surface area contributed by atoms with E-state index in [1.54, 1.807) is 6.07 Å². The van der Waals surface area contributed by atoms with E-state index in [1.165, 1.54) is 0 Å². The number of hydrogen-bond acceptors (Lipinski definition) is 2. The Hall–Kier alpha value is -1.62. The van der Waals surface area contributed by atoms with Crippen LogP contribution in [0.1, 0.15) is 24.0 Å². The van der Waals surface area contributed by atoms with Gasteiger partial charge in [-0.3, -0.25) is 0 Å². The van der Waals surface area contributed by atoms with E-state index in [2.05, 4.69) is 10.6 Å². The molecule has 4 N–H and O–H groups in total. The van der Waals surface area contributed by atoms with E-state index in [4.69, 9.17) is 18.0 Å². The first-order valence-corrected chi connectivity index (χ1v) is 5.95. The van der Waals surface area contributed by atoms with Crippen molar-refractivity contribution in [1.29, 1.82) is 0 Å². The Kier molecular flexibility index (Phi) is 3.28. The average Bonchev–Trinajstić information content (AvgIpc) is 3.00. The number of aryl methyl sites for hydroxylation is 1. The van der Waals surface area contributed by atoms with Crippen LogP contribution in [0.4, 0.5) is 10.5 Å². The second kappa shape index (κ2) is 4.71. The van der Waals surface area contributed by atoms with Crippen LogP contribution in [0.25, 0.3) is 0 Å². The highest BCUT2D eigenvalue weighted by Gasteiger charge is 2.23. The molecule has 17 heavy (non-hydrogen) atoms. The van der Waals surface area contributed by atoms with Gasteiger partial charge in [-0.05, 0) is 31.4 Å². The van der Waals surface area contributed by atoms with E-state index in [9.17, 15) is 4.79 Å². The highest BCUT2D eigenvalue weighted by Crippen LogP contribution is 2.21. The Morgan fingerprint density at radius 2 is 2.18 bits per heavy atom. The van der Waals surface area contributed by atoms with Crippen molar-refractivity contribution in [2.75, 3.05) is 5.32 Å². The van der Waals surface area contributed by atoms with Crippen molar-refractivity contribution in [1.82, 2.24) is 5.32 Å². The van der Waals surface area contributed by atoms with Gasteiger partial charge >= 0.3 is 6.03 Å². The van der Waals surface area contributed by atoms with Crippen molar-refractivity contribution >= 4 is 28.9 Å². The van der Waals surface area contributed by atoms with Gasteiger partial charge in [0.05, 0.1) is 5.69 Å². The Morgan fingerprint density at radius 1 is 1.47 bits per heavy atom. The molecule has 0 aromatic heterocycles. The van der Waals surface area contributed by atoms with Crippen molar-refractivity contribution in [3.8, 4) is 0 Å². The number of carbonyl (C=O) groups excluding carboxylic acids is 1. The molecule has 2 rings (SSSR count). The van der Waals surface area contributed by atoms with Crippen LogP contribution in [-0.4, -0.2) is 17.1 Å². The number of rotatable bonds is 3. The van der Waals surface area contributed by atoms with Gasteiger partial charge in [0.25, 0.3) is 0 Å². The average molecular weight is 249 g/mol. The van der Waals surface area contributed by atoms with Crippen molar-refractivity contribution in [2.45, 2.75) is 25.8 Å². The summed E-state index contributed by atoms with van der Waals surface area (Å²) in [7, 11) is 0. The fourth-order valence-corrected chi connectivity index (χ4v) is 1.94. The van der Waals surface area contributed by atoms with E-state index in [-0.39, 0.29) is 6.03 Å². The van der Waals surface area contributed by atoms with Crippen LogP contribution >= 0.6 is 12.2 Å². The third-order valence-electron chi connectivity index (χ3n) is 2.68. The Labute approximate surface area is 106 Å². The molecule has 0 spiro atoms. The van der Waals surface area contributed by atoms with Crippen molar-refractivity contribution in [3.63, 3.8) is 0 Å². The molecule has 1 aliphatic carbocycles. The van der Waals surface area contributed by atoms with E-state index in [0.717, 1.165) is 24.0 Å². The molecule has 1 aliphatic rings. The normalized spacial score (nSPS) is 14.2. The molecule has 1 aromatic rings. The monoisotopic (exact) mass is 249 g/mol. The van der Waals surface area contributed by atoms with Crippen molar-refractivity contribution in [2.24, 2.45) is 5.73 Å². The van der Waals surface area contributed by atoms with E-state index >= 15 is 0 Å². The minimum atomic E-state index is -0.199. The summed E-state index contributed by atoms with van der Waals surface area (Å²) in [5, 5.41) is 5.64. The second-order valence-corrected chi connectivity index (χ2v) is 4.67. The number of anilines is 1. The van der Waals surface area contributed by atoms with Gasteiger partial charge in [0.2, 0.25) is 0 Å². The van der Waals surface area contributed by atoms with E-state index in [0.29, 0.717) is 16.7 Å². The maximum atomic E-state index is 11.6. The van der Waals surface area contributed by atoms with Gasteiger partial charge in [-0.15, -0.1) is 0 Å². The summed E-state index contributed by atoms with van der Waals surface area (Å²) in [5.41, 5.74) is 8.02. The summed E-state index contributed by atoms with van der Waals surface area (Å²) in [6.45, 7) is 1.92. The molecule has 0 heterocycles. The number of carbonyl (C=O) groups is 1. The van der Waals surface area contributed by atoms with Gasteiger partial charge in [-0.2, -0.15) is 0 Å². The lowest BCUT2D eigenvalue weighted by molar-refractivity contribution is 0.251. The first-order chi connectivity index (χ1) is 8.08. The number of amides is 2. The molecule has 2 amide bonds. The topological polar surface area (TPSA) is 67.2 Å². The molecule has 0 aliphatic heterocycles. The number of nitrogens with two attached hydrogens (primary N) is 1. The van der Waals surface area contributed by atoms with Crippen LogP contribution in [0.15, 0.2) is 18.2 Å². The minimum absolute atomic E-state index is 0.199. The molecule has 1 saturated carbocycles. The molecular weight excluding hydrogens is 234 g/mol. The fourth-order valence-electron chi connectivity index (χ4n) is 1.67. The molecule has 0 bridgehead atoms. The zero-order valence-electron chi connectivity index (χ0n) is 9.62. The molecule has 1 aromatic carbocycles. The van der Waals surface area contributed by atoms with Crippen molar-refractivity contribution < 1.29 is 4.79 Å². The van der Waals surface area contributed by atoms with E-state index in [1.807, 2.05) is 19.1 Å². The molecule has 90 valence electrons. The van der Waals surface area contributed by atoms with Crippen molar-refractivity contribution in [3.05, 3.63) is 29.3 Å².